The highest BCUT2D eigenvalue weighted by atomic mass is 16.2. The second-order valence-corrected chi connectivity index (χ2v) is 6.51. The van der Waals surface area contributed by atoms with Gasteiger partial charge in [-0.15, -0.1) is 0 Å². The van der Waals surface area contributed by atoms with Crippen LogP contribution in [0.15, 0.2) is 18.5 Å². The van der Waals surface area contributed by atoms with E-state index in [1.54, 1.807) is 4.90 Å². The first-order chi connectivity index (χ1) is 11.6. The molecule has 0 radical (unpaired) electrons. The third kappa shape index (κ3) is 2.36. The van der Waals surface area contributed by atoms with E-state index in [1.165, 1.54) is 10.5 Å². The van der Waals surface area contributed by atoms with E-state index in [0.717, 1.165) is 25.0 Å². The van der Waals surface area contributed by atoms with Crippen LogP contribution in [0, 0.1) is 0 Å². The lowest BCUT2D eigenvalue weighted by Crippen LogP contribution is -2.33. The van der Waals surface area contributed by atoms with Gasteiger partial charge < -0.3 is 10.1 Å². The fourth-order valence-corrected chi connectivity index (χ4v) is 3.26. The lowest BCUT2D eigenvalue weighted by atomic mass is 10.1. The van der Waals surface area contributed by atoms with Crippen molar-refractivity contribution in [3.8, 4) is 0 Å². The summed E-state index contributed by atoms with van der Waals surface area (Å²) in [5, 5.41) is 0. The van der Waals surface area contributed by atoms with Gasteiger partial charge in [-0.05, 0) is 36.8 Å². The molecule has 7 heteroatoms. The van der Waals surface area contributed by atoms with E-state index in [1.807, 2.05) is 23.6 Å². The number of amides is 3. The Balaban J connectivity index is 1.81. The van der Waals surface area contributed by atoms with Crippen molar-refractivity contribution < 1.29 is 9.59 Å². The number of pyridine rings is 1. The summed E-state index contributed by atoms with van der Waals surface area (Å²) < 4.78 is 1.94. The Kier molecular flexibility index (Phi) is 3.53. The largest absolute Gasteiger partial charge is 0.331 e. The molecule has 1 aliphatic heterocycles. The number of nitrogens with zero attached hydrogens (tertiary/aromatic N) is 4. The maximum Gasteiger partial charge on any atom is 0.331 e. The molecule has 3 amide bonds. The van der Waals surface area contributed by atoms with Gasteiger partial charge in [-0.1, -0.05) is 6.92 Å². The maximum atomic E-state index is 12.7. The summed E-state index contributed by atoms with van der Waals surface area (Å²) in [6.45, 7) is 2.83. The van der Waals surface area contributed by atoms with Crippen LogP contribution in [-0.2, 0) is 11.3 Å². The second kappa shape index (κ2) is 5.59. The molecule has 3 heterocycles. The smallest absolute Gasteiger partial charge is 0.325 e. The molecular weight excluding hydrogens is 306 g/mol. The average Bonchev–Trinajstić information content (AvgIpc) is 3.28. The Morgan fingerprint density at radius 2 is 2.08 bits per heavy atom. The normalized spacial score (nSPS) is 18.2. The van der Waals surface area contributed by atoms with Gasteiger partial charge in [0.1, 0.15) is 6.54 Å². The number of nitrogens with two attached hydrogens (primary N) is 1. The van der Waals surface area contributed by atoms with Gasteiger partial charge in [0, 0.05) is 25.5 Å². The highest BCUT2D eigenvalue weighted by Crippen LogP contribution is 2.42. The van der Waals surface area contributed by atoms with E-state index >= 15 is 0 Å². The van der Waals surface area contributed by atoms with Crippen molar-refractivity contribution in [1.82, 2.24) is 14.3 Å². The van der Waals surface area contributed by atoms with Crippen LogP contribution in [0.4, 0.5) is 10.5 Å². The molecule has 2 aliphatic rings. The molecule has 2 aromatic heterocycles. The van der Waals surface area contributed by atoms with Gasteiger partial charge in [0.2, 0.25) is 0 Å². The van der Waals surface area contributed by atoms with E-state index in [2.05, 4.69) is 11.2 Å². The van der Waals surface area contributed by atoms with Gasteiger partial charge in [-0.2, -0.15) is 0 Å². The first-order valence-electron chi connectivity index (χ1n) is 8.45. The van der Waals surface area contributed by atoms with E-state index in [-0.39, 0.29) is 18.5 Å². The lowest BCUT2D eigenvalue weighted by molar-refractivity contribution is -0.124. The molecule has 126 valence electrons. The third-order valence-corrected chi connectivity index (χ3v) is 4.65. The molecule has 0 unspecified atom stereocenters. The summed E-state index contributed by atoms with van der Waals surface area (Å²) in [6.07, 6.45) is 7.05. The molecule has 2 fully saturated rings. The molecule has 1 saturated carbocycles. The Labute approximate surface area is 140 Å². The first kappa shape index (κ1) is 15.1. The second-order valence-electron chi connectivity index (χ2n) is 6.51. The summed E-state index contributed by atoms with van der Waals surface area (Å²) >= 11 is 0. The number of fused-ring (bicyclic) bond motifs is 1. The van der Waals surface area contributed by atoms with E-state index in [4.69, 9.17) is 5.73 Å². The van der Waals surface area contributed by atoms with Gasteiger partial charge in [0.15, 0.2) is 5.65 Å². The number of urea groups is 1. The first-order valence-corrected chi connectivity index (χ1v) is 8.45. The van der Waals surface area contributed by atoms with Crippen LogP contribution in [0.3, 0.4) is 0 Å². The number of imide groups is 1. The number of aromatic nitrogens is 2. The summed E-state index contributed by atoms with van der Waals surface area (Å²) in [4.78, 5) is 32.3. The molecule has 2 N–H and O–H groups in total. The predicted molar refractivity (Wildman–Crippen MR) is 89.8 cm³/mol. The zero-order chi connectivity index (χ0) is 16.8. The molecule has 0 bridgehead atoms. The fourth-order valence-electron chi connectivity index (χ4n) is 3.26. The van der Waals surface area contributed by atoms with Crippen LogP contribution in [-0.4, -0.2) is 39.3 Å². The molecule has 4 rings (SSSR count). The SMILES string of the molecule is CCCN1C(=O)CN(c2cc(C3CC3)cn3cc(CN)nc23)C1=O. The van der Waals surface area contributed by atoms with Crippen LogP contribution < -0.4 is 10.6 Å². The molecule has 0 aromatic carbocycles. The van der Waals surface area contributed by atoms with E-state index in [0.29, 0.717) is 30.3 Å². The van der Waals surface area contributed by atoms with E-state index in [9.17, 15) is 9.59 Å². The molecule has 24 heavy (non-hydrogen) atoms. The zero-order valence-electron chi connectivity index (χ0n) is 13.7. The minimum Gasteiger partial charge on any atom is -0.325 e. The Morgan fingerprint density at radius 1 is 1.29 bits per heavy atom. The zero-order valence-corrected chi connectivity index (χ0v) is 13.7. The van der Waals surface area contributed by atoms with Crippen LogP contribution >= 0.6 is 0 Å². The van der Waals surface area contributed by atoms with Gasteiger partial charge in [-0.25, -0.2) is 9.78 Å². The Hall–Kier alpha value is -2.41. The summed E-state index contributed by atoms with van der Waals surface area (Å²) in [5.41, 5.74) is 9.06. The number of imidazole rings is 1. The number of hydrogen-bond acceptors (Lipinski definition) is 4. The van der Waals surface area contributed by atoms with Crippen molar-refractivity contribution in [2.75, 3.05) is 18.0 Å². The van der Waals surface area contributed by atoms with Gasteiger partial charge in [-0.3, -0.25) is 14.6 Å². The van der Waals surface area contributed by atoms with E-state index < -0.39 is 0 Å². The predicted octanol–water partition coefficient (Wildman–Crippen LogP) is 1.85. The highest BCUT2D eigenvalue weighted by molar-refractivity contribution is 6.13. The summed E-state index contributed by atoms with van der Waals surface area (Å²) in [5.74, 6) is 0.388. The van der Waals surface area contributed by atoms with Crippen molar-refractivity contribution in [2.45, 2.75) is 38.6 Å². The molecule has 0 spiro atoms. The number of carbonyl (C=O) groups is 2. The Morgan fingerprint density at radius 3 is 2.75 bits per heavy atom. The Bertz CT molecular complexity index is 824. The molecule has 2 aromatic rings. The van der Waals surface area contributed by atoms with Crippen LogP contribution in [0.2, 0.25) is 0 Å². The topological polar surface area (TPSA) is 83.9 Å². The van der Waals surface area contributed by atoms with Gasteiger partial charge >= 0.3 is 6.03 Å². The average molecular weight is 327 g/mol. The van der Waals surface area contributed by atoms with Crippen LogP contribution in [0.1, 0.15) is 43.4 Å². The van der Waals surface area contributed by atoms with Crippen molar-refractivity contribution in [1.29, 1.82) is 0 Å². The van der Waals surface area contributed by atoms with Crippen LogP contribution in [0.25, 0.3) is 5.65 Å². The minimum absolute atomic E-state index is 0.0768. The summed E-state index contributed by atoms with van der Waals surface area (Å²) in [7, 11) is 0. The molecule has 7 nitrogen and oxygen atoms in total. The van der Waals surface area contributed by atoms with Gasteiger partial charge in [0.05, 0.1) is 11.4 Å². The summed E-state index contributed by atoms with van der Waals surface area (Å²) in [6, 6.07) is 1.76. The number of carbonyl (C=O) groups excluding carboxylic acids is 2. The van der Waals surface area contributed by atoms with Crippen LogP contribution in [0.5, 0.6) is 0 Å². The molecular formula is C17H21N5O2. The molecule has 0 atom stereocenters. The third-order valence-electron chi connectivity index (χ3n) is 4.65. The number of hydrogen-bond donors (Lipinski definition) is 1. The number of anilines is 1. The fraction of sp³-hybridized carbons (Fsp3) is 0.471. The highest BCUT2D eigenvalue weighted by Gasteiger charge is 2.38. The van der Waals surface area contributed by atoms with Crippen molar-refractivity contribution >= 4 is 23.3 Å². The van der Waals surface area contributed by atoms with Crippen molar-refractivity contribution in [3.63, 3.8) is 0 Å². The standard InChI is InChI=1S/C17H21N5O2/c1-2-5-21-15(23)10-22(17(21)24)14-6-12(11-3-4-11)8-20-9-13(7-18)19-16(14)20/h6,8-9,11H,2-5,7,10,18H2,1H3. The quantitative estimate of drug-likeness (QED) is 0.850. The maximum absolute atomic E-state index is 12.7. The minimum atomic E-state index is -0.256. The van der Waals surface area contributed by atoms with Crippen molar-refractivity contribution in [3.05, 3.63) is 29.7 Å². The monoisotopic (exact) mass is 327 g/mol. The number of rotatable bonds is 5. The molecule has 1 saturated heterocycles. The molecule has 1 aliphatic carbocycles. The lowest BCUT2D eigenvalue weighted by Gasteiger charge is -2.18. The van der Waals surface area contributed by atoms with Gasteiger partial charge in [0.25, 0.3) is 5.91 Å². The van der Waals surface area contributed by atoms with Crippen molar-refractivity contribution in [2.24, 2.45) is 5.73 Å².